The summed E-state index contributed by atoms with van der Waals surface area (Å²) in [6.45, 7) is 4.84. The van der Waals surface area contributed by atoms with Crippen molar-refractivity contribution in [1.82, 2.24) is 0 Å². The second-order valence-electron chi connectivity index (χ2n) is 6.61. The third-order valence-electron chi connectivity index (χ3n) is 5.15. The molecule has 0 spiro atoms. The van der Waals surface area contributed by atoms with Crippen molar-refractivity contribution in [3.63, 3.8) is 0 Å². The summed E-state index contributed by atoms with van der Waals surface area (Å²) in [6, 6.07) is 0. The number of hydrogen-bond acceptors (Lipinski definition) is 1. The lowest BCUT2D eigenvalue weighted by Crippen LogP contribution is -2.52. The molecule has 1 saturated carbocycles. The van der Waals surface area contributed by atoms with Crippen LogP contribution in [0.1, 0.15) is 45.6 Å². The third-order valence-corrected chi connectivity index (χ3v) is 5.15. The Bertz CT molecular complexity index is 596. The van der Waals surface area contributed by atoms with E-state index in [0.717, 1.165) is 6.42 Å². The van der Waals surface area contributed by atoms with Gasteiger partial charge in [-0.25, -0.2) is 22.0 Å². The average Bonchev–Trinajstić information content (AvgIpc) is 2.46. The molecule has 1 aliphatic rings. The van der Waals surface area contributed by atoms with Crippen molar-refractivity contribution in [2.24, 2.45) is 11.3 Å². The van der Waals surface area contributed by atoms with Gasteiger partial charge in [-0.15, -0.1) is 0 Å². The van der Waals surface area contributed by atoms with Crippen LogP contribution in [0.25, 0.3) is 0 Å². The Labute approximate surface area is 125 Å². The van der Waals surface area contributed by atoms with Crippen LogP contribution in [0.15, 0.2) is 0 Å². The van der Waals surface area contributed by atoms with Gasteiger partial charge in [-0.1, -0.05) is 27.2 Å². The maximum absolute atomic E-state index is 14.3. The fraction of sp³-hybridized carbons (Fsp3) is 0.562. The molecular weight excluding hydrogens is 303 g/mol. The van der Waals surface area contributed by atoms with Gasteiger partial charge in [0.25, 0.3) is 0 Å². The second-order valence-corrected chi connectivity index (χ2v) is 6.61. The monoisotopic (exact) mass is 320 g/mol. The fourth-order valence-corrected chi connectivity index (χ4v) is 3.84. The van der Waals surface area contributed by atoms with E-state index >= 15 is 0 Å². The molecule has 0 N–H and O–H groups in total. The molecule has 0 bridgehead atoms. The maximum Gasteiger partial charge on any atom is 0.200 e. The van der Waals surface area contributed by atoms with E-state index in [9.17, 15) is 26.7 Å². The lowest BCUT2D eigenvalue weighted by molar-refractivity contribution is -0.122. The number of aldehydes is 1. The number of hydrogen-bond donors (Lipinski definition) is 0. The van der Waals surface area contributed by atoms with Crippen molar-refractivity contribution in [2.75, 3.05) is 0 Å². The van der Waals surface area contributed by atoms with Crippen LogP contribution in [-0.4, -0.2) is 6.29 Å². The molecule has 1 fully saturated rings. The molecule has 1 aromatic carbocycles. The summed E-state index contributed by atoms with van der Waals surface area (Å²) >= 11 is 0. The minimum atomic E-state index is -2.21. The van der Waals surface area contributed by atoms with Crippen LogP contribution in [0, 0.1) is 40.4 Å². The minimum Gasteiger partial charge on any atom is -0.302 e. The number of halogens is 5. The lowest BCUT2D eigenvalue weighted by atomic mass is 9.51. The Kier molecular flexibility index (Phi) is 4.09. The van der Waals surface area contributed by atoms with Gasteiger partial charge in [0, 0.05) is 5.56 Å². The van der Waals surface area contributed by atoms with E-state index in [1.165, 1.54) is 0 Å². The zero-order chi connectivity index (χ0) is 16.9. The van der Waals surface area contributed by atoms with Crippen molar-refractivity contribution in [3.05, 3.63) is 34.6 Å². The molecule has 1 aromatic rings. The summed E-state index contributed by atoms with van der Waals surface area (Å²) in [7, 11) is 0. The van der Waals surface area contributed by atoms with Crippen LogP contribution in [0.4, 0.5) is 22.0 Å². The molecule has 6 heteroatoms. The Morgan fingerprint density at radius 1 is 0.955 bits per heavy atom. The predicted molar refractivity (Wildman–Crippen MR) is 70.8 cm³/mol. The Morgan fingerprint density at radius 3 is 1.82 bits per heavy atom. The van der Waals surface area contributed by atoms with Crippen molar-refractivity contribution < 1.29 is 26.7 Å². The fourth-order valence-electron chi connectivity index (χ4n) is 3.84. The topological polar surface area (TPSA) is 17.1 Å². The first kappa shape index (κ1) is 16.9. The molecule has 22 heavy (non-hydrogen) atoms. The molecule has 1 aliphatic carbocycles. The van der Waals surface area contributed by atoms with Crippen LogP contribution in [-0.2, 0) is 10.2 Å². The number of benzene rings is 1. The predicted octanol–water partition coefficient (Wildman–Crippen LogP) is 4.67. The molecule has 1 nitrogen and oxygen atoms in total. The van der Waals surface area contributed by atoms with E-state index in [2.05, 4.69) is 0 Å². The average molecular weight is 320 g/mol. The molecule has 0 saturated heterocycles. The van der Waals surface area contributed by atoms with Gasteiger partial charge in [-0.05, 0) is 24.2 Å². The molecule has 2 rings (SSSR count). The highest BCUT2D eigenvalue weighted by Crippen LogP contribution is 2.55. The van der Waals surface area contributed by atoms with Gasteiger partial charge in [0.1, 0.15) is 6.29 Å². The summed E-state index contributed by atoms with van der Waals surface area (Å²) in [4.78, 5) is 11.8. The molecule has 122 valence electrons. The van der Waals surface area contributed by atoms with Crippen LogP contribution in [0.3, 0.4) is 0 Å². The molecule has 0 radical (unpaired) electrons. The second kappa shape index (κ2) is 5.32. The summed E-state index contributed by atoms with van der Waals surface area (Å²) in [5.74, 6) is -10.6. The number of carbonyl (C=O) groups excluding carboxylic acids is 1. The summed E-state index contributed by atoms with van der Waals surface area (Å²) in [5.41, 5.74) is -3.68. The lowest BCUT2D eigenvalue weighted by Gasteiger charge is -2.51. The van der Waals surface area contributed by atoms with Gasteiger partial charge in [-0.3, -0.25) is 0 Å². The molecule has 0 aromatic heterocycles. The number of rotatable bonds is 2. The SMILES string of the molecule is C[C@H]1CCCC(C)(C)[C@@]1(C=O)c1c(F)c(F)c(F)c(F)c1F. The molecule has 0 amide bonds. The van der Waals surface area contributed by atoms with Crippen LogP contribution < -0.4 is 0 Å². The zero-order valence-corrected chi connectivity index (χ0v) is 12.6. The summed E-state index contributed by atoms with van der Waals surface area (Å²) < 4.78 is 68.9. The van der Waals surface area contributed by atoms with E-state index in [4.69, 9.17) is 0 Å². The highest BCUT2D eigenvalue weighted by molar-refractivity contribution is 5.72. The van der Waals surface area contributed by atoms with Crippen molar-refractivity contribution in [3.8, 4) is 0 Å². The molecule has 0 unspecified atom stereocenters. The summed E-state index contributed by atoms with van der Waals surface area (Å²) in [6.07, 6.45) is 2.01. The molecular formula is C16H17F5O. The summed E-state index contributed by atoms with van der Waals surface area (Å²) in [5, 5.41) is 0. The van der Waals surface area contributed by atoms with Crippen molar-refractivity contribution in [1.29, 1.82) is 0 Å². The highest BCUT2D eigenvalue weighted by atomic mass is 19.2. The minimum absolute atomic E-state index is 0.356. The van der Waals surface area contributed by atoms with E-state index in [1.807, 2.05) is 0 Å². The maximum atomic E-state index is 14.3. The first-order chi connectivity index (χ1) is 10.1. The van der Waals surface area contributed by atoms with Crippen molar-refractivity contribution in [2.45, 2.75) is 45.4 Å². The Morgan fingerprint density at radius 2 is 1.41 bits per heavy atom. The van der Waals surface area contributed by atoms with E-state index in [1.54, 1.807) is 20.8 Å². The standard InChI is InChI=1S/C16H17F5O/c1-8-5-4-6-15(2,3)16(8,7-22)9-10(17)12(19)14(21)13(20)11(9)18/h7-8H,4-6H2,1-3H3/t8-,16+/m0/s1. The van der Waals surface area contributed by atoms with E-state index < -0.39 is 51.4 Å². The molecule has 0 aliphatic heterocycles. The first-order valence-corrected chi connectivity index (χ1v) is 7.10. The van der Waals surface area contributed by atoms with Crippen LogP contribution in [0.5, 0.6) is 0 Å². The smallest absolute Gasteiger partial charge is 0.200 e. The van der Waals surface area contributed by atoms with Gasteiger partial charge in [0.05, 0.1) is 5.41 Å². The molecule has 0 heterocycles. The normalized spacial score (nSPS) is 27.7. The van der Waals surface area contributed by atoms with Gasteiger partial charge in [0.2, 0.25) is 5.82 Å². The number of carbonyl (C=O) groups is 1. The Hall–Kier alpha value is -1.46. The van der Waals surface area contributed by atoms with Gasteiger partial charge in [0.15, 0.2) is 23.3 Å². The van der Waals surface area contributed by atoms with Crippen molar-refractivity contribution >= 4 is 6.29 Å². The highest BCUT2D eigenvalue weighted by Gasteiger charge is 2.55. The van der Waals surface area contributed by atoms with E-state index in [-0.39, 0.29) is 0 Å². The van der Waals surface area contributed by atoms with Crippen LogP contribution >= 0.6 is 0 Å². The first-order valence-electron chi connectivity index (χ1n) is 7.10. The third kappa shape index (κ3) is 1.99. The van der Waals surface area contributed by atoms with Crippen LogP contribution in [0.2, 0.25) is 0 Å². The van der Waals surface area contributed by atoms with Gasteiger partial charge in [-0.2, -0.15) is 0 Å². The Balaban J connectivity index is 2.90. The largest absolute Gasteiger partial charge is 0.302 e. The van der Waals surface area contributed by atoms with Gasteiger partial charge < -0.3 is 4.79 Å². The quantitative estimate of drug-likeness (QED) is 0.335. The molecule has 2 atom stereocenters. The van der Waals surface area contributed by atoms with E-state index in [0.29, 0.717) is 19.1 Å². The van der Waals surface area contributed by atoms with Gasteiger partial charge >= 0.3 is 0 Å². The zero-order valence-electron chi connectivity index (χ0n) is 12.6.